The predicted octanol–water partition coefficient (Wildman–Crippen LogP) is 0.614. The number of ether oxygens (including phenoxy) is 3. The first-order valence-electron chi connectivity index (χ1n) is 6.76. The van der Waals surface area contributed by atoms with E-state index in [4.69, 9.17) is 14.2 Å². The van der Waals surface area contributed by atoms with Gasteiger partial charge in [0.25, 0.3) is 0 Å². The summed E-state index contributed by atoms with van der Waals surface area (Å²) in [6, 6.07) is 3.26. The highest BCUT2D eigenvalue weighted by Crippen LogP contribution is 2.41. The summed E-state index contributed by atoms with van der Waals surface area (Å²) < 4.78 is 40.4. The fourth-order valence-electron chi connectivity index (χ4n) is 2.03. The van der Waals surface area contributed by atoms with Gasteiger partial charge in [-0.25, -0.2) is 13.1 Å². The van der Waals surface area contributed by atoms with Crippen LogP contribution in [0.25, 0.3) is 0 Å². The van der Waals surface area contributed by atoms with Crippen molar-refractivity contribution in [2.75, 3.05) is 45.6 Å². The number of anilines is 1. The van der Waals surface area contributed by atoms with Crippen LogP contribution in [0.3, 0.4) is 0 Å². The third-order valence-corrected chi connectivity index (χ3v) is 3.77. The highest BCUT2D eigenvalue weighted by atomic mass is 32.2. The molecule has 0 saturated heterocycles. The third kappa shape index (κ3) is 5.29. The quantitative estimate of drug-likeness (QED) is 0.741. The molecule has 0 unspecified atom stereocenters. The minimum absolute atomic E-state index is 0.0923. The SMILES string of the molecule is COc1cc(N(CCNS(C)(=O)=O)C(C)=O)cc(OC)c1OC. The molecule has 23 heavy (non-hydrogen) atoms. The minimum atomic E-state index is -3.32. The molecule has 0 bridgehead atoms. The standard InChI is InChI=1S/C14H22N2O6S/c1-10(17)16(7-6-15-23(5,18)19)11-8-12(20-2)14(22-4)13(9-11)21-3/h8-9,15H,6-7H2,1-5H3. The Balaban J connectivity index is 3.14. The lowest BCUT2D eigenvalue weighted by molar-refractivity contribution is -0.116. The summed E-state index contributed by atoms with van der Waals surface area (Å²) >= 11 is 0. The second-order valence-electron chi connectivity index (χ2n) is 4.72. The van der Waals surface area contributed by atoms with E-state index in [1.165, 1.54) is 33.2 Å². The Morgan fingerprint density at radius 2 is 1.65 bits per heavy atom. The molecule has 130 valence electrons. The second-order valence-corrected chi connectivity index (χ2v) is 6.55. The number of hydrogen-bond acceptors (Lipinski definition) is 6. The van der Waals surface area contributed by atoms with E-state index in [0.29, 0.717) is 22.9 Å². The van der Waals surface area contributed by atoms with Crippen molar-refractivity contribution >= 4 is 21.6 Å². The van der Waals surface area contributed by atoms with Gasteiger partial charge < -0.3 is 19.1 Å². The van der Waals surface area contributed by atoms with Crippen LogP contribution in [0.2, 0.25) is 0 Å². The Hall–Kier alpha value is -2.00. The van der Waals surface area contributed by atoms with Crippen LogP contribution in [-0.4, -0.2) is 55.0 Å². The Morgan fingerprint density at radius 3 is 2.00 bits per heavy atom. The van der Waals surface area contributed by atoms with Gasteiger partial charge in [-0.1, -0.05) is 0 Å². The molecule has 0 aliphatic heterocycles. The fourth-order valence-corrected chi connectivity index (χ4v) is 2.50. The molecule has 0 radical (unpaired) electrons. The number of carbonyl (C=O) groups excluding carboxylic acids is 1. The summed E-state index contributed by atoms with van der Waals surface area (Å²) in [5, 5.41) is 0. The van der Waals surface area contributed by atoms with Gasteiger partial charge in [-0.2, -0.15) is 0 Å². The number of nitrogens with one attached hydrogen (secondary N) is 1. The van der Waals surface area contributed by atoms with Crippen molar-refractivity contribution in [3.8, 4) is 17.2 Å². The van der Waals surface area contributed by atoms with Crippen LogP contribution in [0.4, 0.5) is 5.69 Å². The molecule has 0 spiro atoms. The summed E-state index contributed by atoms with van der Waals surface area (Å²) in [5.41, 5.74) is 0.516. The molecule has 1 aromatic carbocycles. The molecule has 0 atom stereocenters. The fraction of sp³-hybridized carbons (Fsp3) is 0.500. The summed E-state index contributed by atoms with van der Waals surface area (Å²) in [6.07, 6.45) is 1.06. The summed E-state index contributed by atoms with van der Waals surface area (Å²) in [6.45, 7) is 1.65. The summed E-state index contributed by atoms with van der Waals surface area (Å²) in [5.74, 6) is 0.986. The average Bonchev–Trinajstić information content (AvgIpc) is 2.48. The van der Waals surface area contributed by atoms with Gasteiger partial charge in [0.05, 0.1) is 33.3 Å². The van der Waals surface area contributed by atoms with Crippen LogP contribution in [0, 0.1) is 0 Å². The topological polar surface area (TPSA) is 94.2 Å². The lowest BCUT2D eigenvalue weighted by Crippen LogP contribution is -2.37. The molecule has 1 rings (SSSR count). The predicted molar refractivity (Wildman–Crippen MR) is 87.0 cm³/mol. The second kappa shape index (κ2) is 8.02. The van der Waals surface area contributed by atoms with Crippen LogP contribution < -0.4 is 23.8 Å². The van der Waals surface area contributed by atoms with E-state index in [-0.39, 0.29) is 19.0 Å². The Bertz CT molecular complexity index is 634. The zero-order chi connectivity index (χ0) is 17.6. The molecular weight excluding hydrogens is 324 g/mol. The van der Waals surface area contributed by atoms with Gasteiger partial charge in [-0.3, -0.25) is 4.79 Å². The monoisotopic (exact) mass is 346 g/mol. The van der Waals surface area contributed by atoms with Crippen LogP contribution >= 0.6 is 0 Å². The molecule has 8 nitrogen and oxygen atoms in total. The molecular formula is C14H22N2O6S. The van der Waals surface area contributed by atoms with Gasteiger partial charge in [-0.15, -0.1) is 0 Å². The van der Waals surface area contributed by atoms with Gasteiger partial charge >= 0.3 is 0 Å². The van der Waals surface area contributed by atoms with Crippen molar-refractivity contribution in [1.29, 1.82) is 0 Å². The molecule has 1 amide bonds. The maximum absolute atomic E-state index is 11.9. The molecule has 1 N–H and O–H groups in total. The Morgan fingerprint density at radius 1 is 1.13 bits per heavy atom. The van der Waals surface area contributed by atoms with Crippen molar-refractivity contribution < 1.29 is 27.4 Å². The van der Waals surface area contributed by atoms with Crippen LogP contribution in [0.1, 0.15) is 6.92 Å². The summed E-state index contributed by atoms with van der Waals surface area (Å²) in [7, 11) is 1.12. The normalized spacial score (nSPS) is 11.0. The van der Waals surface area contributed by atoms with Gasteiger partial charge in [-0.05, 0) is 0 Å². The maximum atomic E-state index is 11.9. The first-order valence-corrected chi connectivity index (χ1v) is 8.65. The summed E-state index contributed by atoms with van der Waals surface area (Å²) in [4.78, 5) is 13.3. The number of methoxy groups -OCH3 is 3. The molecule has 0 heterocycles. The molecule has 0 aromatic heterocycles. The Kier molecular flexibility index (Phi) is 6.64. The number of amides is 1. The lowest BCUT2D eigenvalue weighted by Gasteiger charge is -2.23. The lowest BCUT2D eigenvalue weighted by atomic mass is 10.2. The van der Waals surface area contributed by atoms with Gasteiger partial charge in [0, 0.05) is 32.1 Å². The van der Waals surface area contributed by atoms with E-state index < -0.39 is 10.0 Å². The molecule has 0 aliphatic carbocycles. The maximum Gasteiger partial charge on any atom is 0.223 e. The largest absolute Gasteiger partial charge is 0.493 e. The van der Waals surface area contributed by atoms with E-state index in [9.17, 15) is 13.2 Å². The smallest absolute Gasteiger partial charge is 0.223 e. The average molecular weight is 346 g/mol. The molecule has 0 fully saturated rings. The molecule has 0 aliphatic rings. The minimum Gasteiger partial charge on any atom is -0.493 e. The van der Waals surface area contributed by atoms with Gasteiger partial charge in [0.15, 0.2) is 11.5 Å². The van der Waals surface area contributed by atoms with Crippen molar-refractivity contribution in [3.63, 3.8) is 0 Å². The van der Waals surface area contributed by atoms with Gasteiger partial charge in [0.2, 0.25) is 21.7 Å². The number of nitrogens with zero attached hydrogens (tertiary/aromatic N) is 1. The number of benzene rings is 1. The van der Waals surface area contributed by atoms with E-state index in [0.717, 1.165) is 6.26 Å². The number of hydrogen-bond donors (Lipinski definition) is 1. The number of carbonyl (C=O) groups is 1. The molecule has 0 saturated carbocycles. The Labute approximate surface area is 136 Å². The molecule has 9 heteroatoms. The van der Waals surface area contributed by atoms with E-state index in [2.05, 4.69) is 4.72 Å². The van der Waals surface area contributed by atoms with Crippen LogP contribution in [0.15, 0.2) is 12.1 Å². The first kappa shape index (κ1) is 19.0. The van der Waals surface area contributed by atoms with Crippen LogP contribution in [-0.2, 0) is 14.8 Å². The molecule has 1 aromatic rings. The third-order valence-electron chi connectivity index (χ3n) is 3.04. The van der Waals surface area contributed by atoms with E-state index in [1.54, 1.807) is 12.1 Å². The van der Waals surface area contributed by atoms with Crippen molar-refractivity contribution in [1.82, 2.24) is 4.72 Å². The first-order chi connectivity index (χ1) is 10.7. The van der Waals surface area contributed by atoms with Crippen molar-refractivity contribution in [2.45, 2.75) is 6.92 Å². The van der Waals surface area contributed by atoms with Crippen molar-refractivity contribution in [2.24, 2.45) is 0 Å². The van der Waals surface area contributed by atoms with Gasteiger partial charge in [0.1, 0.15) is 0 Å². The highest BCUT2D eigenvalue weighted by molar-refractivity contribution is 7.88. The van der Waals surface area contributed by atoms with Crippen molar-refractivity contribution in [3.05, 3.63) is 12.1 Å². The zero-order valence-electron chi connectivity index (χ0n) is 13.9. The number of sulfonamides is 1. The number of rotatable bonds is 8. The highest BCUT2D eigenvalue weighted by Gasteiger charge is 2.19. The van der Waals surface area contributed by atoms with Crippen LogP contribution in [0.5, 0.6) is 17.2 Å². The van der Waals surface area contributed by atoms with E-state index >= 15 is 0 Å². The van der Waals surface area contributed by atoms with E-state index in [1.807, 2.05) is 0 Å². The zero-order valence-corrected chi connectivity index (χ0v) is 14.7.